The summed E-state index contributed by atoms with van der Waals surface area (Å²) in [6, 6.07) is 1.43. The lowest BCUT2D eigenvalue weighted by molar-refractivity contribution is 0.761. The van der Waals surface area contributed by atoms with Crippen molar-refractivity contribution in [3.8, 4) is 0 Å². The first kappa shape index (κ1) is 5.79. The van der Waals surface area contributed by atoms with Crippen molar-refractivity contribution in [2.24, 2.45) is 0 Å². The molecular weight excluding hydrogens is 150 g/mol. The van der Waals surface area contributed by atoms with Gasteiger partial charge in [-0.1, -0.05) is 11.8 Å². The number of nitrogens with zero attached hydrogens (tertiary/aromatic N) is 2. The van der Waals surface area contributed by atoms with Crippen LogP contribution in [0.2, 0.25) is 0 Å². The van der Waals surface area contributed by atoms with E-state index < -0.39 is 0 Å². The second-order valence-electron chi connectivity index (χ2n) is 1.87. The molecule has 0 aliphatic carbocycles. The third-order valence-corrected chi connectivity index (χ3v) is 2.03. The van der Waals surface area contributed by atoms with Crippen molar-refractivity contribution in [2.75, 3.05) is 11.3 Å². The van der Waals surface area contributed by atoms with Gasteiger partial charge in [0, 0.05) is 12.3 Å². The molecule has 5 heteroatoms. The van der Waals surface area contributed by atoms with Crippen molar-refractivity contribution < 1.29 is 0 Å². The fourth-order valence-electron chi connectivity index (χ4n) is 0.776. The normalized spacial score (nSPS) is 14.4. The van der Waals surface area contributed by atoms with Gasteiger partial charge in [-0.15, -0.1) is 0 Å². The lowest BCUT2D eigenvalue weighted by Gasteiger charge is -1.98. The Labute approximate surface area is 61.2 Å². The zero-order chi connectivity index (χ0) is 6.97. The van der Waals surface area contributed by atoms with Crippen LogP contribution in [-0.4, -0.2) is 15.5 Å². The van der Waals surface area contributed by atoms with Gasteiger partial charge >= 0.3 is 0 Å². The van der Waals surface area contributed by atoms with Crippen LogP contribution >= 0.6 is 11.8 Å². The molecule has 1 aromatic rings. The molecule has 0 saturated carbocycles. The van der Waals surface area contributed by atoms with Crippen LogP contribution in [0, 0.1) is 0 Å². The van der Waals surface area contributed by atoms with Gasteiger partial charge in [0.15, 0.2) is 5.16 Å². The van der Waals surface area contributed by atoms with Gasteiger partial charge in [-0.25, -0.2) is 4.68 Å². The lowest BCUT2D eigenvalue weighted by atomic mass is 10.7. The number of hydrogen-bond donors (Lipinski definition) is 1. The Kier molecular flexibility index (Phi) is 1.17. The van der Waals surface area contributed by atoms with Crippen LogP contribution in [0.5, 0.6) is 0 Å². The van der Waals surface area contributed by atoms with E-state index in [-0.39, 0.29) is 5.56 Å². The van der Waals surface area contributed by atoms with Gasteiger partial charge in [0.05, 0.1) is 5.88 Å². The fourth-order valence-corrected chi connectivity index (χ4v) is 1.53. The Bertz CT molecular complexity index is 308. The molecule has 2 heterocycles. The summed E-state index contributed by atoms with van der Waals surface area (Å²) in [6.45, 7) is 0. The van der Waals surface area contributed by atoms with E-state index in [2.05, 4.69) is 10.4 Å². The smallest absolute Gasteiger partial charge is 0.273 e. The van der Waals surface area contributed by atoms with Crippen LogP contribution in [0.25, 0.3) is 0 Å². The number of rotatable bonds is 0. The van der Waals surface area contributed by atoms with E-state index in [1.165, 1.54) is 17.8 Å². The van der Waals surface area contributed by atoms with E-state index >= 15 is 0 Å². The van der Waals surface area contributed by atoms with Gasteiger partial charge in [0.25, 0.3) is 5.56 Å². The summed E-state index contributed by atoms with van der Waals surface area (Å²) in [6.07, 6.45) is 1.69. The third kappa shape index (κ3) is 0.786. The summed E-state index contributed by atoms with van der Waals surface area (Å²) in [5.74, 6) is 0.788. The van der Waals surface area contributed by atoms with Gasteiger partial charge in [-0.05, 0) is 0 Å². The van der Waals surface area contributed by atoms with Gasteiger partial charge in [-0.3, -0.25) is 4.79 Å². The van der Waals surface area contributed by atoms with Crippen molar-refractivity contribution in [3.05, 3.63) is 22.6 Å². The molecule has 0 atom stereocenters. The van der Waals surface area contributed by atoms with Crippen molar-refractivity contribution in [1.29, 1.82) is 0 Å². The van der Waals surface area contributed by atoms with Gasteiger partial charge in [-0.2, -0.15) is 4.98 Å². The van der Waals surface area contributed by atoms with Crippen LogP contribution in [0.1, 0.15) is 0 Å². The highest BCUT2D eigenvalue weighted by Crippen LogP contribution is 2.16. The molecule has 0 radical (unpaired) electrons. The third-order valence-electron chi connectivity index (χ3n) is 1.21. The summed E-state index contributed by atoms with van der Waals surface area (Å²) in [5, 5.41) is 0.743. The monoisotopic (exact) mass is 155 g/mol. The molecule has 2 rings (SSSR count). The molecule has 1 aromatic heterocycles. The minimum absolute atomic E-state index is 0.178. The number of aromatic nitrogens is 2. The molecule has 0 bridgehead atoms. The molecule has 0 fully saturated rings. The average Bonchev–Trinajstić information content (AvgIpc) is 2.33. The summed E-state index contributed by atoms with van der Waals surface area (Å²) >= 11 is 1.52. The fraction of sp³-hybridized carbons (Fsp3) is 0.200. The minimum atomic E-state index is -0.178. The van der Waals surface area contributed by atoms with Crippen molar-refractivity contribution >= 4 is 11.8 Å². The molecule has 1 aliphatic rings. The maximum Gasteiger partial charge on any atom is 0.273 e. The average molecular weight is 155 g/mol. The predicted molar refractivity (Wildman–Crippen MR) is 38.6 cm³/mol. The van der Waals surface area contributed by atoms with E-state index in [4.69, 9.17) is 0 Å². The Hall–Kier alpha value is -0.970. The molecule has 0 spiro atoms. The van der Waals surface area contributed by atoms with Crippen LogP contribution in [0.4, 0.5) is 0 Å². The molecule has 52 valence electrons. The van der Waals surface area contributed by atoms with Crippen LogP contribution < -0.4 is 11.0 Å². The zero-order valence-electron chi connectivity index (χ0n) is 5.07. The molecule has 0 unspecified atom stereocenters. The highest BCUT2D eigenvalue weighted by atomic mass is 32.2. The van der Waals surface area contributed by atoms with Gasteiger partial charge < -0.3 is 5.43 Å². The number of hydrogen-bond acceptors (Lipinski definition) is 4. The largest absolute Gasteiger partial charge is 0.314 e. The van der Waals surface area contributed by atoms with Crippen molar-refractivity contribution in [3.63, 3.8) is 0 Å². The first-order valence-corrected chi connectivity index (χ1v) is 3.81. The molecule has 1 N–H and O–H groups in total. The topological polar surface area (TPSA) is 46.9 Å². The van der Waals surface area contributed by atoms with Crippen LogP contribution in [-0.2, 0) is 0 Å². The van der Waals surface area contributed by atoms with Crippen LogP contribution in [0.15, 0.2) is 22.2 Å². The zero-order valence-corrected chi connectivity index (χ0v) is 5.89. The number of thioether (sulfide) groups is 1. The minimum Gasteiger partial charge on any atom is -0.314 e. The van der Waals surface area contributed by atoms with E-state index in [1.807, 2.05) is 0 Å². The van der Waals surface area contributed by atoms with Crippen LogP contribution in [0.3, 0.4) is 0 Å². The van der Waals surface area contributed by atoms with Crippen molar-refractivity contribution in [1.82, 2.24) is 9.66 Å². The molecule has 0 amide bonds. The van der Waals surface area contributed by atoms with Crippen molar-refractivity contribution in [2.45, 2.75) is 5.16 Å². The summed E-state index contributed by atoms with van der Waals surface area (Å²) in [7, 11) is 0. The summed E-state index contributed by atoms with van der Waals surface area (Å²) < 4.78 is 1.74. The second-order valence-corrected chi connectivity index (χ2v) is 2.81. The molecule has 1 aliphatic heterocycles. The summed E-state index contributed by atoms with van der Waals surface area (Å²) in [5.41, 5.74) is 2.83. The molecule has 4 nitrogen and oxygen atoms in total. The molecule has 0 saturated heterocycles. The second kappa shape index (κ2) is 2.02. The molecule has 0 aromatic carbocycles. The lowest BCUT2D eigenvalue weighted by Crippen LogP contribution is -2.14. The summed E-state index contributed by atoms with van der Waals surface area (Å²) in [4.78, 5) is 14.4. The van der Waals surface area contributed by atoms with E-state index in [1.54, 1.807) is 10.9 Å². The maximum atomic E-state index is 10.7. The Morgan fingerprint density at radius 3 is 3.60 bits per heavy atom. The Balaban J connectivity index is 2.63. The number of fused-ring (bicyclic) bond motifs is 1. The maximum absolute atomic E-state index is 10.7. The van der Waals surface area contributed by atoms with Gasteiger partial charge in [0.2, 0.25) is 0 Å². The van der Waals surface area contributed by atoms with Gasteiger partial charge in [0.1, 0.15) is 0 Å². The van der Waals surface area contributed by atoms with E-state index in [0.717, 1.165) is 11.0 Å². The highest BCUT2D eigenvalue weighted by molar-refractivity contribution is 7.99. The number of nitrogens with one attached hydrogen (secondary N) is 1. The Morgan fingerprint density at radius 2 is 2.70 bits per heavy atom. The predicted octanol–water partition coefficient (Wildman–Crippen LogP) is -0.150. The van der Waals surface area contributed by atoms with E-state index in [0.29, 0.717) is 0 Å². The highest BCUT2D eigenvalue weighted by Gasteiger charge is 2.08. The Morgan fingerprint density at radius 1 is 1.80 bits per heavy atom. The first-order valence-electron chi connectivity index (χ1n) is 2.83. The quantitative estimate of drug-likeness (QED) is 0.529. The SMILES string of the molecule is O=c1ccn2c(n1)SCN2. The standard InChI is InChI=1S/C5H5N3OS/c9-4-1-2-8-5(7-4)10-3-6-8/h1-2,6H,3H2. The molecular formula is C5H5N3OS. The molecule has 10 heavy (non-hydrogen) atoms. The van der Waals surface area contributed by atoms with E-state index in [9.17, 15) is 4.79 Å². The first-order chi connectivity index (χ1) is 4.86.